The number of hydrogen-bond acceptors (Lipinski definition) is 2. The molecule has 18 heavy (non-hydrogen) atoms. The van der Waals surface area contributed by atoms with Crippen molar-refractivity contribution in [1.29, 1.82) is 0 Å². The normalized spacial score (nSPS) is 11.4. The second kappa shape index (κ2) is 5.40. The molecule has 2 rings (SSSR count). The van der Waals surface area contributed by atoms with Crippen LogP contribution < -0.4 is 5.73 Å². The second-order valence-electron chi connectivity index (χ2n) is 3.93. The molecule has 0 aliphatic carbocycles. The van der Waals surface area contributed by atoms with Crippen LogP contribution in [0.4, 0.5) is 14.5 Å². The molecule has 0 radical (unpaired) electrons. The van der Waals surface area contributed by atoms with Crippen LogP contribution in [0.15, 0.2) is 59.5 Å². The molecule has 0 aromatic heterocycles. The highest BCUT2D eigenvalue weighted by Crippen LogP contribution is 2.34. The van der Waals surface area contributed by atoms with Gasteiger partial charge in [0, 0.05) is 16.1 Å². The summed E-state index contributed by atoms with van der Waals surface area (Å²) in [5.41, 5.74) is 6.24. The van der Waals surface area contributed by atoms with E-state index in [9.17, 15) is 8.78 Å². The number of rotatable bonds is 4. The Bertz CT molecular complexity index is 514. The van der Waals surface area contributed by atoms with Crippen molar-refractivity contribution in [1.82, 2.24) is 0 Å². The van der Waals surface area contributed by atoms with E-state index in [1.54, 1.807) is 42.5 Å². The van der Waals surface area contributed by atoms with Crippen molar-refractivity contribution in [2.75, 3.05) is 11.5 Å². The Balaban J connectivity index is 2.05. The smallest absolute Gasteiger partial charge is 0.282 e. The molecule has 94 valence electrons. The van der Waals surface area contributed by atoms with E-state index in [1.807, 2.05) is 0 Å². The van der Waals surface area contributed by atoms with Crippen molar-refractivity contribution in [3.63, 3.8) is 0 Å². The maximum absolute atomic E-state index is 13.9. The van der Waals surface area contributed by atoms with Gasteiger partial charge in [-0.25, -0.2) is 8.78 Å². The number of hydrogen-bond donors (Lipinski definition) is 1. The zero-order valence-corrected chi connectivity index (χ0v) is 10.5. The minimum absolute atomic E-state index is 0.0430. The summed E-state index contributed by atoms with van der Waals surface area (Å²) in [6.07, 6.45) is 0. The van der Waals surface area contributed by atoms with Gasteiger partial charge in [0.05, 0.1) is 5.75 Å². The quantitative estimate of drug-likeness (QED) is 0.663. The van der Waals surface area contributed by atoms with Crippen molar-refractivity contribution in [3.8, 4) is 0 Å². The van der Waals surface area contributed by atoms with Crippen LogP contribution in [0, 0.1) is 0 Å². The van der Waals surface area contributed by atoms with E-state index < -0.39 is 5.92 Å². The highest BCUT2D eigenvalue weighted by atomic mass is 32.2. The van der Waals surface area contributed by atoms with Gasteiger partial charge in [-0.1, -0.05) is 36.4 Å². The Hall–Kier alpha value is -1.55. The van der Waals surface area contributed by atoms with Crippen LogP contribution in [-0.4, -0.2) is 5.75 Å². The van der Waals surface area contributed by atoms with Gasteiger partial charge < -0.3 is 5.73 Å². The molecule has 0 heterocycles. The predicted octanol–water partition coefficient (Wildman–Crippen LogP) is 4.15. The molecule has 2 aromatic carbocycles. The van der Waals surface area contributed by atoms with Crippen LogP contribution in [0.1, 0.15) is 5.56 Å². The Morgan fingerprint density at radius 1 is 1.00 bits per heavy atom. The highest BCUT2D eigenvalue weighted by molar-refractivity contribution is 7.99. The fourth-order valence-corrected chi connectivity index (χ4v) is 2.45. The minimum Gasteiger partial charge on any atom is -0.399 e. The summed E-state index contributed by atoms with van der Waals surface area (Å²) < 4.78 is 27.8. The Labute approximate surface area is 109 Å². The molecule has 0 saturated carbocycles. The molecule has 2 aromatic rings. The van der Waals surface area contributed by atoms with Crippen molar-refractivity contribution in [2.24, 2.45) is 0 Å². The first-order valence-electron chi connectivity index (χ1n) is 5.50. The van der Waals surface area contributed by atoms with Crippen LogP contribution in [0.2, 0.25) is 0 Å². The maximum Gasteiger partial charge on any atom is 0.282 e. The predicted molar refractivity (Wildman–Crippen MR) is 71.9 cm³/mol. The van der Waals surface area contributed by atoms with E-state index in [2.05, 4.69) is 0 Å². The van der Waals surface area contributed by atoms with Crippen LogP contribution in [0.25, 0.3) is 0 Å². The summed E-state index contributed by atoms with van der Waals surface area (Å²) in [5.74, 6) is -3.13. The summed E-state index contributed by atoms with van der Waals surface area (Å²) >= 11 is 1.11. The van der Waals surface area contributed by atoms with Crippen molar-refractivity contribution < 1.29 is 8.78 Å². The van der Waals surface area contributed by atoms with Crippen LogP contribution >= 0.6 is 11.8 Å². The van der Waals surface area contributed by atoms with Crippen LogP contribution in [-0.2, 0) is 5.92 Å². The summed E-state index contributed by atoms with van der Waals surface area (Å²) in [7, 11) is 0. The standard InChI is InChI=1S/C14H13F2NS/c15-14(16,11-5-2-1-3-6-11)10-18-13-8-4-7-12(17)9-13/h1-9H,10,17H2. The molecule has 0 aliphatic heterocycles. The van der Waals surface area contributed by atoms with E-state index in [4.69, 9.17) is 5.73 Å². The van der Waals surface area contributed by atoms with E-state index in [0.717, 1.165) is 16.7 Å². The van der Waals surface area contributed by atoms with Crippen LogP contribution in [0.3, 0.4) is 0 Å². The first-order valence-corrected chi connectivity index (χ1v) is 6.48. The average Bonchev–Trinajstić information content (AvgIpc) is 2.38. The van der Waals surface area contributed by atoms with Gasteiger partial charge in [-0.05, 0) is 18.2 Å². The van der Waals surface area contributed by atoms with Crippen molar-refractivity contribution >= 4 is 17.4 Å². The lowest BCUT2D eigenvalue weighted by Crippen LogP contribution is -2.16. The Morgan fingerprint density at radius 3 is 2.39 bits per heavy atom. The van der Waals surface area contributed by atoms with Gasteiger partial charge >= 0.3 is 0 Å². The van der Waals surface area contributed by atoms with Gasteiger partial charge in [0.15, 0.2) is 0 Å². The molecule has 2 N–H and O–H groups in total. The Morgan fingerprint density at radius 2 is 1.72 bits per heavy atom. The monoisotopic (exact) mass is 265 g/mol. The summed E-state index contributed by atoms with van der Waals surface area (Å²) in [6, 6.07) is 14.8. The van der Waals surface area contributed by atoms with Crippen molar-refractivity contribution in [3.05, 3.63) is 60.2 Å². The number of alkyl halides is 2. The molecule has 0 fully saturated rings. The van der Waals surface area contributed by atoms with Crippen LogP contribution in [0.5, 0.6) is 0 Å². The summed E-state index contributed by atoms with van der Waals surface area (Å²) in [4.78, 5) is 0.755. The lowest BCUT2D eigenvalue weighted by molar-refractivity contribution is 0.0232. The average molecular weight is 265 g/mol. The van der Waals surface area contributed by atoms with Gasteiger partial charge in [-0.3, -0.25) is 0 Å². The third kappa shape index (κ3) is 3.23. The first-order chi connectivity index (χ1) is 8.58. The number of halogens is 2. The highest BCUT2D eigenvalue weighted by Gasteiger charge is 2.31. The number of thioether (sulfide) groups is 1. The fraction of sp³-hybridized carbons (Fsp3) is 0.143. The fourth-order valence-electron chi connectivity index (χ4n) is 1.54. The largest absolute Gasteiger partial charge is 0.399 e. The van der Waals surface area contributed by atoms with Gasteiger partial charge in [0.1, 0.15) is 0 Å². The number of nitrogens with two attached hydrogens (primary N) is 1. The molecule has 0 spiro atoms. The molecule has 0 atom stereocenters. The molecule has 1 nitrogen and oxygen atoms in total. The molecule has 0 aliphatic rings. The lowest BCUT2D eigenvalue weighted by atomic mass is 10.1. The molecule has 0 saturated heterocycles. The molecule has 4 heteroatoms. The maximum atomic E-state index is 13.9. The zero-order chi connectivity index (χ0) is 13.0. The van der Waals surface area contributed by atoms with Gasteiger partial charge in [-0.15, -0.1) is 11.8 Å². The van der Waals surface area contributed by atoms with Gasteiger partial charge in [-0.2, -0.15) is 0 Å². The number of nitrogen functional groups attached to an aromatic ring is 1. The summed E-state index contributed by atoms with van der Waals surface area (Å²) in [6.45, 7) is 0. The SMILES string of the molecule is Nc1cccc(SCC(F)(F)c2ccccc2)c1. The molecular formula is C14H13F2NS. The molecule has 0 amide bonds. The Kier molecular flexibility index (Phi) is 3.87. The van der Waals surface area contributed by atoms with E-state index in [0.29, 0.717) is 5.69 Å². The van der Waals surface area contributed by atoms with Gasteiger partial charge in [0.2, 0.25) is 0 Å². The van der Waals surface area contributed by atoms with Gasteiger partial charge in [0.25, 0.3) is 5.92 Å². The molecule has 0 bridgehead atoms. The summed E-state index contributed by atoms with van der Waals surface area (Å²) in [5, 5.41) is 0. The molecule has 0 unspecified atom stereocenters. The minimum atomic E-state index is -2.84. The number of benzene rings is 2. The molecular weight excluding hydrogens is 252 g/mol. The van der Waals surface area contributed by atoms with E-state index in [1.165, 1.54) is 12.1 Å². The topological polar surface area (TPSA) is 26.0 Å². The van der Waals surface area contributed by atoms with E-state index >= 15 is 0 Å². The van der Waals surface area contributed by atoms with E-state index in [-0.39, 0.29) is 11.3 Å². The zero-order valence-electron chi connectivity index (χ0n) is 9.64. The first kappa shape index (κ1) is 12.9. The number of anilines is 1. The second-order valence-corrected chi connectivity index (χ2v) is 4.98. The van der Waals surface area contributed by atoms with Crippen molar-refractivity contribution in [2.45, 2.75) is 10.8 Å². The lowest BCUT2D eigenvalue weighted by Gasteiger charge is -2.16. The third-order valence-electron chi connectivity index (χ3n) is 2.47. The third-order valence-corrected chi connectivity index (χ3v) is 3.57.